The highest BCUT2D eigenvalue weighted by Crippen LogP contribution is 2.32. The van der Waals surface area contributed by atoms with Crippen LogP contribution in [0.15, 0.2) is 57.7 Å². The summed E-state index contributed by atoms with van der Waals surface area (Å²) in [6.07, 6.45) is -0.261. The first-order valence-corrected chi connectivity index (χ1v) is 9.66. The number of carbonyl (C=O) groups excluding carboxylic acids is 1. The van der Waals surface area contributed by atoms with E-state index in [-0.39, 0.29) is 29.3 Å². The van der Waals surface area contributed by atoms with Crippen LogP contribution in [0.2, 0.25) is 0 Å². The molecule has 5 nitrogen and oxygen atoms in total. The van der Waals surface area contributed by atoms with Crippen LogP contribution in [0.25, 0.3) is 22.3 Å². The third-order valence-electron chi connectivity index (χ3n) is 4.47. The second kappa shape index (κ2) is 8.11. The first-order valence-electron chi connectivity index (χ1n) is 9.66. The molecule has 0 bridgehead atoms. The highest BCUT2D eigenvalue weighted by molar-refractivity contribution is 5.82. The lowest BCUT2D eigenvalue weighted by atomic mass is 9.86. The molecule has 0 N–H and O–H groups in total. The lowest BCUT2D eigenvalue weighted by molar-refractivity contribution is -0.149. The van der Waals surface area contributed by atoms with Gasteiger partial charge in [-0.1, -0.05) is 57.2 Å². The third kappa shape index (κ3) is 4.67. The zero-order valence-corrected chi connectivity index (χ0v) is 17.4. The van der Waals surface area contributed by atoms with Crippen molar-refractivity contribution in [3.05, 3.63) is 64.3 Å². The Labute approximate surface area is 170 Å². The van der Waals surface area contributed by atoms with E-state index in [9.17, 15) is 9.59 Å². The molecule has 0 aliphatic rings. The molecule has 0 aliphatic carbocycles. The summed E-state index contributed by atoms with van der Waals surface area (Å²) < 4.78 is 16.7. The van der Waals surface area contributed by atoms with Gasteiger partial charge in [0.2, 0.25) is 11.2 Å². The van der Waals surface area contributed by atoms with Crippen LogP contribution < -0.4 is 10.2 Å². The minimum absolute atomic E-state index is 0.00266. The molecule has 3 aromatic rings. The maximum absolute atomic E-state index is 13.0. The molecular weight excluding hydrogens is 368 g/mol. The maximum Gasteiger partial charge on any atom is 0.344 e. The maximum atomic E-state index is 13.0. The van der Waals surface area contributed by atoms with E-state index in [0.717, 1.165) is 5.56 Å². The van der Waals surface area contributed by atoms with Gasteiger partial charge in [0.15, 0.2) is 12.4 Å². The Morgan fingerprint density at radius 1 is 1.03 bits per heavy atom. The number of rotatable bonds is 5. The lowest BCUT2D eigenvalue weighted by Crippen LogP contribution is -2.21. The van der Waals surface area contributed by atoms with E-state index >= 15 is 0 Å². The van der Waals surface area contributed by atoms with Crippen LogP contribution in [-0.2, 0) is 14.9 Å². The second-order valence-electron chi connectivity index (χ2n) is 8.24. The van der Waals surface area contributed by atoms with Crippen LogP contribution in [0.3, 0.4) is 0 Å². The Bertz CT molecular complexity index is 1070. The summed E-state index contributed by atoms with van der Waals surface area (Å²) in [7, 11) is 0. The van der Waals surface area contributed by atoms with Crippen molar-refractivity contribution in [3.63, 3.8) is 0 Å². The fourth-order valence-electron chi connectivity index (χ4n) is 3.00. The number of ether oxygens (including phenoxy) is 2. The van der Waals surface area contributed by atoms with Crippen LogP contribution >= 0.6 is 0 Å². The molecule has 0 aliphatic heterocycles. The Kier molecular flexibility index (Phi) is 5.78. The van der Waals surface area contributed by atoms with E-state index in [0.29, 0.717) is 22.3 Å². The van der Waals surface area contributed by atoms with Crippen LogP contribution in [-0.4, -0.2) is 18.7 Å². The van der Waals surface area contributed by atoms with E-state index in [1.807, 2.05) is 24.3 Å². The molecule has 0 unspecified atom stereocenters. The van der Waals surface area contributed by atoms with Crippen molar-refractivity contribution >= 4 is 16.9 Å². The highest BCUT2D eigenvalue weighted by Gasteiger charge is 2.20. The largest absolute Gasteiger partial charge is 0.474 e. The highest BCUT2D eigenvalue weighted by atomic mass is 16.6. The predicted octanol–water partition coefficient (Wildman–Crippen LogP) is 5.09. The van der Waals surface area contributed by atoms with E-state index < -0.39 is 5.97 Å². The molecule has 152 valence electrons. The van der Waals surface area contributed by atoms with Gasteiger partial charge in [0.25, 0.3) is 0 Å². The van der Waals surface area contributed by atoms with Crippen LogP contribution in [0.5, 0.6) is 5.75 Å². The monoisotopic (exact) mass is 394 g/mol. The van der Waals surface area contributed by atoms with Gasteiger partial charge < -0.3 is 13.9 Å². The summed E-state index contributed by atoms with van der Waals surface area (Å²) in [5, 5.41) is 0.398. The first-order chi connectivity index (χ1) is 13.7. The summed E-state index contributed by atoms with van der Waals surface area (Å²) in [5.41, 5.74) is 2.01. The summed E-state index contributed by atoms with van der Waals surface area (Å²) >= 11 is 0. The zero-order chi connectivity index (χ0) is 21.2. The van der Waals surface area contributed by atoms with Gasteiger partial charge in [0.1, 0.15) is 5.58 Å². The summed E-state index contributed by atoms with van der Waals surface area (Å²) in [6, 6.07) is 14.8. The molecule has 2 aromatic carbocycles. The normalized spacial score (nSPS) is 11.7. The predicted molar refractivity (Wildman–Crippen MR) is 113 cm³/mol. The molecule has 0 atom stereocenters. The average Bonchev–Trinajstić information content (AvgIpc) is 2.66. The molecule has 5 heteroatoms. The zero-order valence-electron chi connectivity index (χ0n) is 17.4. The van der Waals surface area contributed by atoms with Gasteiger partial charge in [-0.15, -0.1) is 0 Å². The topological polar surface area (TPSA) is 65.7 Å². The summed E-state index contributed by atoms with van der Waals surface area (Å²) in [6.45, 7) is 9.54. The Morgan fingerprint density at radius 2 is 1.69 bits per heavy atom. The molecule has 1 heterocycles. The molecule has 0 amide bonds. The number of hydrogen-bond donors (Lipinski definition) is 0. The van der Waals surface area contributed by atoms with Gasteiger partial charge >= 0.3 is 5.97 Å². The molecule has 0 fully saturated rings. The van der Waals surface area contributed by atoms with Crippen molar-refractivity contribution in [2.45, 2.75) is 46.1 Å². The molecule has 29 heavy (non-hydrogen) atoms. The third-order valence-corrected chi connectivity index (χ3v) is 4.47. The second-order valence-corrected chi connectivity index (χ2v) is 8.24. The molecule has 1 aromatic heterocycles. The van der Waals surface area contributed by atoms with Gasteiger partial charge in [-0.2, -0.15) is 0 Å². The number of hydrogen-bond acceptors (Lipinski definition) is 5. The number of fused-ring (bicyclic) bond motifs is 1. The number of benzene rings is 2. The fraction of sp³-hybridized carbons (Fsp3) is 0.333. The Hall–Kier alpha value is -3.08. The molecular formula is C24H26O5. The van der Waals surface area contributed by atoms with Crippen LogP contribution in [0.1, 0.15) is 40.2 Å². The van der Waals surface area contributed by atoms with Gasteiger partial charge in [-0.05, 0) is 37.0 Å². The van der Waals surface area contributed by atoms with Gasteiger partial charge in [0.05, 0.1) is 11.5 Å². The van der Waals surface area contributed by atoms with Crippen molar-refractivity contribution < 1.29 is 18.7 Å². The standard InChI is InChI=1S/C24H26O5/c1-15(2)28-20(25)14-27-23-21(26)18-8-6-7-9-19(18)29-22(23)16-10-12-17(13-11-16)24(3,4)5/h6-13,15H,14H2,1-5H3. The van der Waals surface area contributed by atoms with Gasteiger partial charge in [-0.25, -0.2) is 4.79 Å². The Balaban J connectivity index is 2.07. The molecule has 0 saturated carbocycles. The smallest absolute Gasteiger partial charge is 0.344 e. The van der Waals surface area contributed by atoms with Crippen molar-refractivity contribution in [2.75, 3.05) is 6.61 Å². The molecule has 3 rings (SSSR count). The van der Waals surface area contributed by atoms with Crippen molar-refractivity contribution in [2.24, 2.45) is 0 Å². The average molecular weight is 394 g/mol. The van der Waals surface area contributed by atoms with Crippen molar-refractivity contribution in [1.29, 1.82) is 0 Å². The number of para-hydroxylation sites is 1. The summed E-state index contributed by atoms with van der Waals surface area (Å²) in [5.74, 6) is -0.235. The van der Waals surface area contributed by atoms with Crippen molar-refractivity contribution in [1.82, 2.24) is 0 Å². The molecule has 0 spiro atoms. The number of esters is 1. The number of carbonyl (C=O) groups is 1. The minimum atomic E-state index is -0.540. The fourth-order valence-corrected chi connectivity index (χ4v) is 3.00. The Morgan fingerprint density at radius 3 is 2.31 bits per heavy atom. The van der Waals surface area contributed by atoms with Gasteiger partial charge in [-0.3, -0.25) is 4.79 Å². The van der Waals surface area contributed by atoms with E-state index in [4.69, 9.17) is 13.9 Å². The van der Waals surface area contributed by atoms with E-state index in [1.165, 1.54) is 0 Å². The van der Waals surface area contributed by atoms with Crippen LogP contribution in [0, 0.1) is 0 Å². The minimum Gasteiger partial charge on any atom is -0.474 e. The quantitative estimate of drug-likeness (QED) is 0.564. The molecule has 0 saturated heterocycles. The van der Waals surface area contributed by atoms with E-state index in [2.05, 4.69) is 20.8 Å². The summed E-state index contributed by atoms with van der Waals surface area (Å²) in [4.78, 5) is 25.0. The first kappa shape index (κ1) is 20.6. The van der Waals surface area contributed by atoms with Gasteiger partial charge in [0, 0.05) is 5.56 Å². The van der Waals surface area contributed by atoms with Crippen molar-refractivity contribution in [3.8, 4) is 17.1 Å². The lowest BCUT2D eigenvalue weighted by Gasteiger charge is -2.19. The molecule has 0 radical (unpaired) electrons. The van der Waals surface area contributed by atoms with E-state index in [1.54, 1.807) is 38.1 Å². The SMILES string of the molecule is CC(C)OC(=O)COc1c(-c2ccc(C(C)(C)C)cc2)oc2ccccc2c1=O. The van der Waals surface area contributed by atoms with Crippen LogP contribution in [0.4, 0.5) is 0 Å².